The van der Waals surface area contributed by atoms with Crippen molar-refractivity contribution in [3.8, 4) is 0 Å². The number of carbonyl (C=O) groups excluding carboxylic acids is 1. The Kier molecular flexibility index (Phi) is 1.08. The molecule has 8 heavy (non-hydrogen) atoms. The van der Waals surface area contributed by atoms with Gasteiger partial charge in [0.15, 0.2) is 0 Å². The van der Waals surface area contributed by atoms with Gasteiger partial charge in [0.1, 0.15) is 0 Å². The van der Waals surface area contributed by atoms with Gasteiger partial charge in [0.2, 0.25) is 5.91 Å². The van der Waals surface area contributed by atoms with Crippen LogP contribution in [0.5, 0.6) is 0 Å². The minimum absolute atomic E-state index is 0.112. The summed E-state index contributed by atoms with van der Waals surface area (Å²) in [7, 11) is 0. The van der Waals surface area contributed by atoms with Gasteiger partial charge < -0.3 is 4.90 Å². The van der Waals surface area contributed by atoms with Gasteiger partial charge in [-0.05, 0) is 0 Å². The molecule has 1 amide bonds. The van der Waals surface area contributed by atoms with E-state index in [1.165, 1.54) is 0 Å². The molecule has 0 spiro atoms. The van der Waals surface area contributed by atoms with Crippen LogP contribution in [0.1, 0.15) is 13.3 Å². The minimum Gasteiger partial charge on any atom is -0.317 e. The average molecular weight is 111 g/mol. The fourth-order valence-corrected chi connectivity index (χ4v) is 0.762. The fraction of sp³-hybridized carbons (Fsp3) is 0.500. The van der Waals surface area contributed by atoms with E-state index in [2.05, 4.69) is 6.58 Å². The Bertz CT molecular complexity index is 131. The van der Waals surface area contributed by atoms with Crippen molar-refractivity contribution in [1.29, 1.82) is 0 Å². The van der Waals surface area contributed by atoms with Gasteiger partial charge in [0.25, 0.3) is 0 Å². The molecule has 0 aliphatic carbocycles. The van der Waals surface area contributed by atoms with Crippen LogP contribution < -0.4 is 0 Å². The van der Waals surface area contributed by atoms with Crippen molar-refractivity contribution in [1.82, 2.24) is 4.90 Å². The molecule has 1 fully saturated rings. The topological polar surface area (TPSA) is 20.3 Å². The molecule has 0 bridgehead atoms. The molecule has 0 radical (unpaired) electrons. The van der Waals surface area contributed by atoms with Crippen molar-refractivity contribution in [3.05, 3.63) is 12.3 Å². The molecule has 2 heteroatoms. The van der Waals surface area contributed by atoms with E-state index in [-0.39, 0.29) is 5.91 Å². The number of amides is 1. The fourth-order valence-electron chi connectivity index (χ4n) is 0.762. The molecule has 0 atom stereocenters. The highest BCUT2D eigenvalue weighted by atomic mass is 16.2. The van der Waals surface area contributed by atoms with E-state index in [4.69, 9.17) is 0 Å². The summed E-state index contributed by atoms with van der Waals surface area (Å²) < 4.78 is 0. The van der Waals surface area contributed by atoms with Crippen molar-refractivity contribution < 1.29 is 4.79 Å². The molecule has 0 unspecified atom stereocenters. The first-order chi connectivity index (χ1) is 3.72. The van der Waals surface area contributed by atoms with E-state index < -0.39 is 0 Å². The summed E-state index contributed by atoms with van der Waals surface area (Å²) in [6.45, 7) is 6.10. The maximum Gasteiger partial charge on any atom is 0.223 e. The zero-order valence-electron chi connectivity index (χ0n) is 4.98. The summed E-state index contributed by atoms with van der Waals surface area (Å²) in [6, 6.07) is 0. The van der Waals surface area contributed by atoms with E-state index in [1.807, 2.05) is 0 Å². The Balaban J connectivity index is 2.49. The average Bonchev–Trinajstić information content (AvgIpc) is 1.61. The van der Waals surface area contributed by atoms with Crippen LogP contribution in [0.2, 0.25) is 0 Å². The first kappa shape index (κ1) is 5.35. The number of likely N-dealkylation sites (tertiary alicyclic amines) is 1. The molecule has 1 aliphatic heterocycles. The van der Waals surface area contributed by atoms with Crippen LogP contribution in [0.25, 0.3) is 0 Å². The zero-order chi connectivity index (χ0) is 6.15. The highest BCUT2D eigenvalue weighted by Crippen LogP contribution is 2.18. The molecule has 1 saturated heterocycles. The van der Waals surface area contributed by atoms with Crippen LogP contribution in [0.3, 0.4) is 0 Å². The maximum absolute atomic E-state index is 10.5. The van der Waals surface area contributed by atoms with Crippen molar-refractivity contribution in [2.45, 2.75) is 13.3 Å². The monoisotopic (exact) mass is 111 g/mol. The molecule has 0 aromatic rings. The molecule has 0 N–H and O–H groups in total. The van der Waals surface area contributed by atoms with E-state index in [0.717, 1.165) is 18.7 Å². The van der Waals surface area contributed by atoms with Crippen LogP contribution in [0.15, 0.2) is 12.3 Å². The molecule has 1 rings (SSSR count). The van der Waals surface area contributed by atoms with Gasteiger partial charge in [0.05, 0.1) is 0 Å². The third-order valence-corrected chi connectivity index (χ3v) is 1.39. The maximum atomic E-state index is 10.5. The van der Waals surface area contributed by atoms with Gasteiger partial charge in [-0.2, -0.15) is 0 Å². The van der Waals surface area contributed by atoms with Crippen molar-refractivity contribution in [2.75, 3.05) is 6.54 Å². The van der Waals surface area contributed by atoms with Crippen LogP contribution in [0.4, 0.5) is 0 Å². The summed E-state index contributed by atoms with van der Waals surface area (Å²) in [5, 5.41) is 0. The van der Waals surface area contributed by atoms with E-state index in [9.17, 15) is 4.79 Å². The highest BCUT2D eigenvalue weighted by molar-refractivity contribution is 5.76. The van der Waals surface area contributed by atoms with Gasteiger partial charge >= 0.3 is 0 Å². The molecular formula is C6H9NO. The quantitative estimate of drug-likeness (QED) is 0.451. The summed E-state index contributed by atoms with van der Waals surface area (Å²) in [4.78, 5) is 12.2. The van der Waals surface area contributed by atoms with Gasteiger partial charge in [-0.1, -0.05) is 6.58 Å². The third kappa shape index (κ3) is 0.619. The number of rotatable bonds is 0. The second-order valence-corrected chi connectivity index (χ2v) is 1.99. The molecule has 44 valence electrons. The van der Waals surface area contributed by atoms with Crippen LogP contribution >= 0.6 is 0 Å². The molecule has 0 aromatic carbocycles. The van der Waals surface area contributed by atoms with Gasteiger partial charge in [-0.25, -0.2) is 0 Å². The highest BCUT2D eigenvalue weighted by Gasteiger charge is 2.20. The van der Waals surface area contributed by atoms with E-state index in [0.29, 0.717) is 0 Å². The lowest BCUT2D eigenvalue weighted by molar-refractivity contribution is -0.129. The van der Waals surface area contributed by atoms with E-state index in [1.54, 1.807) is 11.8 Å². The lowest BCUT2D eigenvalue weighted by Crippen LogP contribution is -2.37. The number of hydrogen-bond acceptors (Lipinski definition) is 1. The first-order valence-electron chi connectivity index (χ1n) is 2.67. The largest absolute Gasteiger partial charge is 0.317 e. The number of carbonyl (C=O) groups is 1. The van der Waals surface area contributed by atoms with Gasteiger partial charge in [-0.15, -0.1) is 0 Å². The lowest BCUT2D eigenvalue weighted by Gasteiger charge is -2.32. The number of hydrogen-bond donors (Lipinski definition) is 0. The SMILES string of the molecule is C=C1CCN1C(C)=O. The predicted octanol–water partition coefficient (Wildman–Crippen LogP) is 0.752. The molecule has 0 aromatic heterocycles. The molecular weight excluding hydrogens is 102 g/mol. The second-order valence-electron chi connectivity index (χ2n) is 1.99. The second kappa shape index (κ2) is 1.62. The standard InChI is InChI=1S/C6H9NO/c1-5-3-4-7(5)6(2)8/h1,3-4H2,2H3. The Morgan fingerprint density at radius 1 is 1.88 bits per heavy atom. The predicted molar refractivity (Wildman–Crippen MR) is 31.1 cm³/mol. The molecule has 2 nitrogen and oxygen atoms in total. The first-order valence-corrected chi connectivity index (χ1v) is 2.67. The lowest BCUT2D eigenvalue weighted by atomic mass is 10.1. The van der Waals surface area contributed by atoms with Crippen LogP contribution in [-0.2, 0) is 4.79 Å². The minimum atomic E-state index is 0.112. The van der Waals surface area contributed by atoms with Gasteiger partial charge in [0, 0.05) is 25.6 Å². The van der Waals surface area contributed by atoms with Crippen LogP contribution in [-0.4, -0.2) is 17.4 Å². The Morgan fingerprint density at radius 3 is 2.50 bits per heavy atom. The third-order valence-electron chi connectivity index (χ3n) is 1.39. The summed E-state index contributed by atoms with van der Waals surface area (Å²) in [5.74, 6) is 0.112. The molecule has 1 heterocycles. The van der Waals surface area contributed by atoms with Crippen molar-refractivity contribution in [3.63, 3.8) is 0 Å². The van der Waals surface area contributed by atoms with Crippen molar-refractivity contribution >= 4 is 5.91 Å². The normalized spacial score (nSPS) is 18.1. The van der Waals surface area contributed by atoms with Gasteiger partial charge in [-0.3, -0.25) is 4.79 Å². The van der Waals surface area contributed by atoms with Crippen molar-refractivity contribution in [2.24, 2.45) is 0 Å². The summed E-state index contributed by atoms with van der Waals surface area (Å²) in [6.07, 6.45) is 0.986. The Labute approximate surface area is 48.8 Å². The molecule has 0 saturated carbocycles. The number of nitrogens with zero attached hydrogens (tertiary/aromatic N) is 1. The van der Waals surface area contributed by atoms with Crippen LogP contribution in [0, 0.1) is 0 Å². The Morgan fingerprint density at radius 2 is 2.50 bits per heavy atom. The molecule has 1 aliphatic rings. The summed E-state index contributed by atoms with van der Waals surface area (Å²) in [5.41, 5.74) is 0.956. The zero-order valence-corrected chi connectivity index (χ0v) is 4.98. The Hall–Kier alpha value is -0.790. The van der Waals surface area contributed by atoms with E-state index >= 15 is 0 Å². The smallest absolute Gasteiger partial charge is 0.223 e. The summed E-state index contributed by atoms with van der Waals surface area (Å²) >= 11 is 0.